The van der Waals surface area contributed by atoms with Gasteiger partial charge >= 0.3 is 6.18 Å². The molecule has 3 aromatic carbocycles. The van der Waals surface area contributed by atoms with Gasteiger partial charge in [-0.3, -0.25) is 9.10 Å². The molecule has 0 bridgehead atoms. The van der Waals surface area contributed by atoms with Gasteiger partial charge in [-0.25, -0.2) is 8.42 Å². The van der Waals surface area contributed by atoms with Gasteiger partial charge in [-0.1, -0.05) is 47.5 Å². The Morgan fingerprint density at radius 3 is 2.27 bits per heavy atom. The van der Waals surface area contributed by atoms with Crippen molar-refractivity contribution in [1.82, 2.24) is 0 Å². The van der Waals surface area contributed by atoms with Crippen LogP contribution in [0.2, 0.25) is 5.02 Å². The lowest BCUT2D eigenvalue weighted by Crippen LogP contribution is -2.38. The number of halogens is 4. The zero-order valence-electron chi connectivity index (χ0n) is 17.7. The summed E-state index contributed by atoms with van der Waals surface area (Å²) in [5, 5.41) is 2.37. The molecule has 0 fully saturated rings. The molecular weight excluding hydrogens is 477 g/mol. The van der Waals surface area contributed by atoms with Crippen molar-refractivity contribution in [2.45, 2.75) is 24.9 Å². The number of carbonyl (C=O) groups is 1. The smallest absolute Gasteiger partial charge is 0.324 e. The number of nitrogens with zero attached hydrogens (tertiary/aromatic N) is 1. The number of hydrogen-bond acceptors (Lipinski definition) is 3. The molecule has 174 valence electrons. The molecule has 0 aliphatic carbocycles. The van der Waals surface area contributed by atoms with Gasteiger partial charge in [0.25, 0.3) is 10.0 Å². The lowest BCUT2D eigenvalue weighted by atomic mass is 10.1. The molecule has 33 heavy (non-hydrogen) atoms. The zero-order valence-corrected chi connectivity index (χ0v) is 19.2. The molecule has 0 heterocycles. The predicted molar refractivity (Wildman–Crippen MR) is 122 cm³/mol. The second-order valence-corrected chi connectivity index (χ2v) is 9.62. The largest absolute Gasteiger partial charge is 0.416 e. The molecular formula is C23H20ClF3N2O3S. The summed E-state index contributed by atoms with van der Waals surface area (Å²) in [4.78, 5) is 12.6. The van der Waals surface area contributed by atoms with Gasteiger partial charge in [0.05, 0.1) is 21.2 Å². The summed E-state index contributed by atoms with van der Waals surface area (Å²) in [6, 6.07) is 14.7. The predicted octanol–water partition coefficient (Wildman–Crippen LogP) is 5.81. The van der Waals surface area contributed by atoms with Crippen LogP contribution in [0.5, 0.6) is 0 Å². The van der Waals surface area contributed by atoms with E-state index >= 15 is 0 Å². The maximum absolute atomic E-state index is 13.4. The zero-order chi connectivity index (χ0) is 24.4. The Bertz CT molecular complexity index is 1280. The van der Waals surface area contributed by atoms with Crippen LogP contribution in [-0.4, -0.2) is 20.9 Å². The molecule has 1 amide bonds. The Hall–Kier alpha value is -3.04. The summed E-state index contributed by atoms with van der Waals surface area (Å²) < 4.78 is 67.2. The lowest BCUT2D eigenvalue weighted by molar-refractivity contribution is -0.137. The van der Waals surface area contributed by atoms with E-state index in [9.17, 15) is 26.4 Å². The summed E-state index contributed by atoms with van der Waals surface area (Å²) in [7, 11) is -4.42. The molecule has 3 aromatic rings. The van der Waals surface area contributed by atoms with E-state index in [0.717, 1.165) is 23.3 Å². The molecule has 5 nitrogen and oxygen atoms in total. The lowest BCUT2D eigenvalue weighted by Gasteiger charge is -2.26. The number of nitrogens with one attached hydrogen (secondary N) is 1. The highest BCUT2D eigenvalue weighted by atomic mass is 35.5. The summed E-state index contributed by atoms with van der Waals surface area (Å²) >= 11 is 6.12. The highest BCUT2D eigenvalue weighted by Gasteiger charge is 2.34. The molecule has 0 atom stereocenters. The van der Waals surface area contributed by atoms with E-state index in [1.807, 2.05) is 13.0 Å². The van der Waals surface area contributed by atoms with E-state index in [0.29, 0.717) is 16.1 Å². The molecule has 0 saturated carbocycles. The van der Waals surface area contributed by atoms with Crippen LogP contribution < -0.4 is 9.62 Å². The fraction of sp³-hybridized carbons (Fsp3) is 0.174. The van der Waals surface area contributed by atoms with Gasteiger partial charge < -0.3 is 5.32 Å². The third kappa shape index (κ3) is 5.66. The second-order valence-electron chi connectivity index (χ2n) is 7.36. The minimum absolute atomic E-state index is 0.196. The van der Waals surface area contributed by atoms with E-state index in [1.165, 1.54) is 24.3 Å². The standard InChI is InChI=1S/C23H20ClF3N2O3S/c1-15-8-11-20(16(2)12-15)28-22(30)14-29(33(31,32)18-6-4-3-5-7-18)21-13-17(23(25,26)27)9-10-19(21)24/h3-13H,14H2,1-2H3,(H,28,30). The van der Waals surface area contributed by atoms with Crippen molar-refractivity contribution in [1.29, 1.82) is 0 Å². The Labute approximate surface area is 194 Å². The van der Waals surface area contributed by atoms with Gasteiger partial charge in [0.2, 0.25) is 5.91 Å². The summed E-state index contributed by atoms with van der Waals surface area (Å²) in [6.07, 6.45) is -4.73. The molecule has 0 aromatic heterocycles. The van der Waals surface area contributed by atoms with Crippen molar-refractivity contribution in [3.63, 3.8) is 0 Å². The maximum atomic E-state index is 13.4. The fourth-order valence-corrected chi connectivity index (χ4v) is 4.90. The second kappa shape index (κ2) is 9.44. The summed E-state index contributed by atoms with van der Waals surface area (Å²) in [5.41, 5.74) is 0.626. The van der Waals surface area contributed by atoms with Gasteiger partial charge in [0, 0.05) is 5.69 Å². The first-order valence-electron chi connectivity index (χ1n) is 9.71. The number of amides is 1. The number of carbonyl (C=O) groups excluding carboxylic acids is 1. The Kier molecular flexibility index (Phi) is 7.04. The maximum Gasteiger partial charge on any atom is 0.416 e. The highest BCUT2D eigenvalue weighted by Crippen LogP contribution is 2.37. The third-order valence-corrected chi connectivity index (χ3v) is 6.91. The van der Waals surface area contributed by atoms with Crippen LogP contribution >= 0.6 is 11.6 Å². The van der Waals surface area contributed by atoms with Crippen molar-refractivity contribution in [2.75, 3.05) is 16.2 Å². The quantitative estimate of drug-likeness (QED) is 0.468. The van der Waals surface area contributed by atoms with Crippen LogP contribution in [0.4, 0.5) is 24.5 Å². The number of rotatable bonds is 6. The minimum atomic E-state index is -4.73. The molecule has 0 aliphatic rings. The van der Waals surface area contributed by atoms with E-state index < -0.39 is 39.9 Å². The van der Waals surface area contributed by atoms with Crippen molar-refractivity contribution in [3.05, 3.63) is 88.4 Å². The first-order chi connectivity index (χ1) is 15.4. The number of anilines is 2. The van der Waals surface area contributed by atoms with E-state index in [2.05, 4.69) is 5.32 Å². The minimum Gasteiger partial charge on any atom is -0.324 e. The van der Waals surface area contributed by atoms with Crippen molar-refractivity contribution < 1.29 is 26.4 Å². The topological polar surface area (TPSA) is 66.5 Å². The number of aryl methyl sites for hydroxylation is 2. The Morgan fingerprint density at radius 1 is 1.00 bits per heavy atom. The summed E-state index contributed by atoms with van der Waals surface area (Å²) in [6.45, 7) is 2.86. The van der Waals surface area contributed by atoms with E-state index in [-0.39, 0.29) is 9.92 Å². The average molecular weight is 497 g/mol. The van der Waals surface area contributed by atoms with Gasteiger partial charge in [-0.15, -0.1) is 0 Å². The molecule has 0 saturated heterocycles. The highest BCUT2D eigenvalue weighted by molar-refractivity contribution is 7.92. The van der Waals surface area contributed by atoms with Crippen LogP contribution in [0, 0.1) is 13.8 Å². The van der Waals surface area contributed by atoms with Gasteiger partial charge in [0.15, 0.2) is 0 Å². The van der Waals surface area contributed by atoms with Crippen LogP contribution in [0.25, 0.3) is 0 Å². The van der Waals surface area contributed by atoms with Crippen LogP contribution in [0.3, 0.4) is 0 Å². The van der Waals surface area contributed by atoms with Crippen LogP contribution in [-0.2, 0) is 21.0 Å². The van der Waals surface area contributed by atoms with Crippen molar-refractivity contribution >= 4 is 38.9 Å². The first-order valence-corrected chi connectivity index (χ1v) is 11.5. The number of hydrogen-bond donors (Lipinski definition) is 1. The molecule has 0 unspecified atom stereocenters. The molecule has 10 heteroatoms. The van der Waals surface area contributed by atoms with Crippen LogP contribution in [0.1, 0.15) is 16.7 Å². The molecule has 1 N–H and O–H groups in total. The first kappa shape index (κ1) is 24.6. The van der Waals surface area contributed by atoms with Gasteiger partial charge in [-0.05, 0) is 55.8 Å². The van der Waals surface area contributed by atoms with E-state index in [1.54, 1.807) is 25.1 Å². The van der Waals surface area contributed by atoms with Crippen molar-refractivity contribution in [3.8, 4) is 0 Å². The van der Waals surface area contributed by atoms with E-state index in [4.69, 9.17) is 11.6 Å². The van der Waals surface area contributed by atoms with Gasteiger partial charge in [-0.2, -0.15) is 13.2 Å². The average Bonchev–Trinajstić information content (AvgIpc) is 2.74. The van der Waals surface area contributed by atoms with Crippen LogP contribution in [0.15, 0.2) is 71.6 Å². The Balaban J connectivity index is 2.06. The molecule has 0 aliphatic heterocycles. The van der Waals surface area contributed by atoms with Crippen molar-refractivity contribution in [2.24, 2.45) is 0 Å². The van der Waals surface area contributed by atoms with Gasteiger partial charge in [0.1, 0.15) is 6.54 Å². The Morgan fingerprint density at radius 2 is 1.67 bits per heavy atom. The number of sulfonamides is 1. The fourth-order valence-electron chi connectivity index (χ4n) is 3.17. The monoisotopic (exact) mass is 496 g/mol. The number of alkyl halides is 3. The third-order valence-electron chi connectivity index (χ3n) is 4.82. The molecule has 0 spiro atoms. The summed E-state index contributed by atoms with van der Waals surface area (Å²) in [5.74, 6) is -0.741. The SMILES string of the molecule is Cc1ccc(NC(=O)CN(c2cc(C(F)(F)F)ccc2Cl)S(=O)(=O)c2ccccc2)c(C)c1. The number of benzene rings is 3. The molecule has 3 rings (SSSR count). The molecule has 0 radical (unpaired) electrons. The normalized spacial score (nSPS) is 11.8.